The van der Waals surface area contributed by atoms with Crippen molar-refractivity contribution in [1.82, 2.24) is 5.01 Å². The van der Waals surface area contributed by atoms with Crippen molar-refractivity contribution in [2.75, 3.05) is 0 Å². The normalized spacial score (nSPS) is 19.1. The Bertz CT molecular complexity index is 668. The summed E-state index contributed by atoms with van der Waals surface area (Å²) in [5, 5.41) is 8.72. The molecular formula is C19H25N3S. The van der Waals surface area contributed by atoms with Gasteiger partial charge in [0, 0.05) is 11.3 Å². The number of fused-ring (bicyclic) bond motifs is 1. The summed E-state index contributed by atoms with van der Waals surface area (Å²) < 4.78 is 0. The van der Waals surface area contributed by atoms with Crippen molar-refractivity contribution in [3.05, 3.63) is 47.2 Å². The summed E-state index contributed by atoms with van der Waals surface area (Å²) in [5.41, 5.74) is 3.60. The molecule has 23 heavy (non-hydrogen) atoms. The molecule has 0 amide bonds. The molecule has 2 aliphatic heterocycles. The highest BCUT2D eigenvalue weighted by Crippen LogP contribution is 2.34. The predicted molar refractivity (Wildman–Crippen MR) is 101 cm³/mol. The van der Waals surface area contributed by atoms with Gasteiger partial charge < -0.3 is 0 Å². The highest BCUT2D eigenvalue weighted by atomic mass is 32.2. The maximum Gasteiger partial charge on any atom is 0.191 e. The van der Waals surface area contributed by atoms with Crippen molar-refractivity contribution in [2.45, 2.75) is 58.9 Å². The largest absolute Gasteiger partial charge is 0.250 e. The number of rotatable bonds is 5. The minimum absolute atomic E-state index is 0.142. The molecule has 3 rings (SSSR count). The predicted octanol–water partition coefficient (Wildman–Crippen LogP) is 5.18. The van der Waals surface area contributed by atoms with Crippen LogP contribution in [0.3, 0.4) is 0 Å². The van der Waals surface area contributed by atoms with E-state index in [0.29, 0.717) is 0 Å². The van der Waals surface area contributed by atoms with Gasteiger partial charge >= 0.3 is 0 Å². The van der Waals surface area contributed by atoms with Gasteiger partial charge in [0.1, 0.15) is 5.04 Å². The number of thioether (sulfide) groups is 1. The number of benzene rings is 1. The maximum absolute atomic E-state index is 4.78. The Morgan fingerprint density at radius 2 is 1.87 bits per heavy atom. The molecular weight excluding hydrogens is 302 g/mol. The zero-order valence-corrected chi connectivity index (χ0v) is 15.3. The molecule has 0 aromatic heterocycles. The van der Waals surface area contributed by atoms with Crippen LogP contribution < -0.4 is 0 Å². The van der Waals surface area contributed by atoms with Gasteiger partial charge in [-0.15, -0.1) is 0 Å². The molecule has 0 saturated heterocycles. The lowest BCUT2D eigenvalue weighted by atomic mass is 10.0. The first-order chi connectivity index (χ1) is 11.0. The Balaban J connectivity index is 1.74. The van der Waals surface area contributed by atoms with Crippen molar-refractivity contribution in [3.63, 3.8) is 0 Å². The van der Waals surface area contributed by atoms with E-state index in [1.807, 2.05) is 5.01 Å². The van der Waals surface area contributed by atoms with Crippen LogP contribution in [0.5, 0.6) is 0 Å². The van der Waals surface area contributed by atoms with Gasteiger partial charge in [-0.3, -0.25) is 0 Å². The summed E-state index contributed by atoms with van der Waals surface area (Å²) in [7, 11) is 0. The van der Waals surface area contributed by atoms with Crippen molar-refractivity contribution >= 4 is 22.0 Å². The minimum atomic E-state index is -0.142. The summed E-state index contributed by atoms with van der Waals surface area (Å²) >= 11 is 1.67. The lowest BCUT2D eigenvalue weighted by molar-refractivity contribution is 0.506. The lowest BCUT2D eigenvalue weighted by Gasteiger charge is -2.27. The topological polar surface area (TPSA) is 28.0 Å². The van der Waals surface area contributed by atoms with Crippen molar-refractivity contribution < 1.29 is 0 Å². The van der Waals surface area contributed by atoms with Gasteiger partial charge in [-0.2, -0.15) is 5.10 Å². The van der Waals surface area contributed by atoms with E-state index in [2.05, 4.69) is 58.0 Å². The molecule has 0 unspecified atom stereocenters. The van der Waals surface area contributed by atoms with E-state index in [1.165, 1.54) is 36.8 Å². The average Bonchev–Trinajstić information content (AvgIpc) is 2.91. The number of allylic oxidation sites excluding steroid dienone is 1. The van der Waals surface area contributed by atoms with Crippen LogP contribution >= 0.6 is 11.8 Å². The van der Waals surface area contributed by atoms with Crippen molar-refractivity contribution in [2.24, 2.45) is 10.1 Å². The fourth-order valence-electron chi connectivity index (χ4n) is 2.94. The number of amidine groups is 1. The van der Waals surface area contributed by atoms with E-state index in [9.17, 15) is 0 Å². The number of aliphatic imine (C=N–C) groups is 1. The Hall–Kier alpha value is -1.55. The molecule has 0 saturated carbocycles. The standard InChI is InChI=1S/C19H25N3S/c1-5-6-7-8-15-9-11-16(12-10-15)17-21-22-14(2)13-19(3,4)20-18(22)23-17/h9-13H,5-8H2,1-4H3. The smallest absolute Gasteiger partial charge is 0.191 e. The quantitative estimate of drug-likeness (QED) is 0.697. The van der Waals surface area contributed by atoms with Crippen LogP contribution in [0.4, 0.5) is 0 Å². The summed E-state index contributed by atoms with van der Waals surface area (Å²) in [6.07, 6.45) is 7.19. The first-order valence-corrected chi connectivity index (χ1v) is 9.25. The monoisotopic (exact) mass is 327 g/mol. The second-order valence-electron chi connectivity index (χ2n) is 6.81. The van der Waals surface area contributed by atoms with Crippen LogP contribution in [-0.4, -0.2) is 20.8 Å². The van der Waals surface area contributed by atoms with Gasteiger partial charge in [0.25, 0.3) is 0 Å². The summed E-state index contributed by atoms with van der Waals surface area (Å²) in [6.45, 7) is 8.60. The zero-order valence-electron chi connectivity index (χ0n) is 14.5. The van der Waals surface area contributed by atoms with E-state index < -0.39 is 0 Å². The SMILES string of the molecule is CCCCCc1ccc(C2=NN3C(C)=CC(C)(C)N=C3S2)cc1. The summed E-state index contributed by atoms with van der Waals surface area (Å²) in [5.74, 6) is 0. The van der Waals surface area contributed by atoms with Crippen molar-refractivity contribution in [1.29, 1.82) is 0 Å². The zero-order chi connectivity index (χ0) is 16.4. The van der Waals surface area contributed by atoms with Crippen LogP contribution in [0, 0.1) is 0 Å². The molecule has 122 valence electrons. The highest BCUT2D eigenvalue weighted by Gasteiger charge is 2.32. The summed E-state index contributed by atoms with van der Waals surface area (Å²) in [6, 6.07) is 8.85. The number of aryl methyl sites for hydroxylation is 1. The molecule has 0 aliphatic carbocycles. The summed E-state index contributed by atoms with van der Waals surface area (Å²) in [4.78, 5) is 4.78. The van der Waals surface area contributed by atoms with Gasteiger partial charge in [0.15, 0.2) is 5.17 Å². The maximum atomic E-state index is 4.78. The molecule has 4 heteroatoms. The van der Waals surface area contributed by atoms with E-state index in [0.717, 1.165) is 15.9 Å². The molecule has 1 aromatic carbocycles. The number of nitrogens with zero attached hydrogens (tertiary/aromatic N) is 3. The molecule has 0 atom stereocenters. The van der Waals surface area contributed by atoms with Crippen LogP contribution in [0.1, 0.15) is 58.1 Å². The Morgan fingerprint density at radius 3 is 2.57 bits per heavy atom. The van der Waals surface area contributed by atoms with Gasteiger partial charge in [0.2, 0.25) is 0 Å². The van der Waals surface area contributed by atoms with Gasteiger partial charge in [-0.25, -0.2) is 10.0 Å². The van der Waals surface area contributed by atoms with Crippen LogP contribution in [0.25, 0.3) is 0 Å². The molecule has 1 aromatic rings. The van der Waals surface area contributed by atoms with Crippen molar-refractivity contribution in [3.8, 4) is 0 Å². The molecule has 0 bridgehead atoms. The third-order valence-electron chi connectivity index (χ3n) is 4.11. The Morgan fingerprint density at radius 1 is 1.13 bits per heavy atom. The molecule has 0 spiro atoms. The fraction of sp³-hybridized carbons (Fsp3) is 0.474. The third-order valence-corrected chi connectivity index (χ3v) is 5.07. The van der Waals surface area contributed by atoms with Gasteiger partial charge in [-0.1, -0.05) is 44.0 Å². The fourth-order valence-corrected chi connectivity index (χ4v) is 4.05. The number of hydrazone groups is 1. The van der Waals surface area contributed by atoms with E-state index in [-0.39, 0.29) is 5.54 Å². The molecule has 2 aliphatic rings. The lowest BCUT2D eigenvalue weighted by Crippen LogP contribution is -2.29. The van der Waals surface area contributed by atoms with Crippen LogP contribution in [0.2, 0.25) is 0 Å². The number of hydrogen-bond donors (Lipinski definition) is 0. The second kappa shape index (κ2) is 6.52. The number of hydrogen-bond acceptors (Lipinski definition) is 4. The average molecular weight is 327 g/mol. The van der Waals surface area contributed by atoms with Crippen LogP contribution in [-0.2, 0) is 6.42 Å². The Kier molecular flexibility index (Phi) is 4.62. The van der Waals surface area contributed by atoms with Gasteiger partial charge in [0.05, 0.1) is 5.54 Å². The molecule has 2 heterocycles. The Labute approximate surface area is 143 Å². The van der Waals surface area contributed by atoms with E-state index >= 15 is 0 Å². The van der Waals surface area contributed by atoms with Crippen LogP contribution in [0.15, 0.2) is 46.1 Å². The first kappa shape index (κ1) is 16.3. The first-order valence-electron chi connectivity index (χ1n) is 8.44. The van der Waals surface area contributed by atoms with E-state index in [4.69, 9.17) is 10.1 Å². The molecule has 0 radical (unpaired) electrons. The highest BCUT2D eigenvalue weighted by molar-refractivity contribution is 8.27. The van der Waals surface area contributed by atoms with E-state index in [1.54, 1.807) is 11.8 Å². The molecule has 3 nitrogen and oxygen atoms in total. The third kappa shape index (κ3) is 3.69. The molecule has 0 N–H and O–H groups in total. The minimum Gasteiger partial charge on any atom is -0.250 e. The number of unbranched alkanes of at least 4 members (excludes halogenated alkanes) is 2. The second-order valence-corrected chi connectivity index (χ2v) is 7.76. The van der Waals surface area contributed by atoms with Gasteiger partial charge in [-0.05, 0) is 57.0 Å². The molecule has 0 fully saturated rings.